The van der Waals surface area contributed by atoms with Gasteiger partial charge >= 0.3 is 0 Å². The van der Waals surface area contributed by atoms with E-state index in [0.29, 0.717) is 12.1 Å². The maximum absolute atomic E-state index is 4.31. The van der Waals surface area contributed by atoms with E-state index in [0.717, 1.165) is 12.5 Å². The third kappa shape index (κ3) is 7.67. The Hall–Kier alpha value is -0.0400. The molecule has 0 atom stereocenters. The molecule has 20 heavy (non-hydrogen) atoms. The molecule has 0 aromatic carbocycles. The van der Waals surface area contributed by atoms with Crippen LogP contribution < -0.4 is 10.6 Å². The molecule has 0 aromatic rings. The van der Waals surface area contributed by atoms with E-state index in [1.54, 1.807) is 0 Å². The van der Waals surface area contributed by atoms with Gasteiger partial charge < -0.3 is 15.5 Å². The highest BCUT2D eigenvalue weighted by atomic mass is 127. The lowest BCUT2D eigenvalue weighted by Gasteiger charge is -2.35. The highest BCUT2D eigenvalue weighted by molar-refractivity contribution is 14.0. The van der Waals surface area contributed by atoms with Gasteiger partial charge in [-0.25, -0.2) is 0 Å². The molecule has 1 aliphatic rings. The van der Waals surface area contributed by atoms with Gasteiger partial charge in [0.25, 0.3) is 0 Å². The number of unbranched alkanes of at least 4 members (excludes halogenated alkanes) is 2. The summed E-state index contributed by atoms with van der Waals surface area (Å²) in [7, 11) is 1.86. The molecular formula is C15H33IN4. The summed E-state index contributed by atoms with van der Waals surface area (Å²) in [6.07, 6.45) is 6.21. The molecule has 1 rings (SSSR count). The Bertz CT molecular complexity index is 261. The van der Waals surface area contributed by atoms with Crippen molar-refractivity contribution in [3.63, 3.8) is 0 Å². The van der Waals surface area contributed by atoms with Crippen LogP contribution in [0.25, 0.3) is 0 Å². The van der Waals surface area contributed by atoms with Gasteiger partial charge in [0.15, 0.2) is 5.96 Å². The Morgan fingerprint density at radius 3 is 2.40 bits per heavy atom. The summed E-state index contributed by atoms with van der Waals surface area (Å²) >= 11 is 0. The molecule has 1 heterocycles. The molecule has 0 bridgehead atoms. The predicted octanol–water partition coefficient (Wildman–Crippen LogP) is 2.83. The van der Waals surface area contributed by atoms with Crippen molar-refractivity contribution < 1.29 is 0 Å². The lowest BCUT2D eigenvalue weighted by Crippen LogP contribution is -2.49. The van der Waals surface area contributed by atoms with Crippen LogP contribution >= 0.6 is 24.0 Å². The predicted molar refractivity (Wildman–Crippen MR) is 99.2 cm³/mol. The van der Waals surface area contributed by atoms with Crippen molar-refractivity contribution in [1.82, 2.24) is 15.5 Å². The molecule has 0 aromatic heterocycles. The third-order valence-corrected chi connectivity index (χ3v) is 3.90. The first kappa shape index (κ1) is 20.0. The number of hydrogen-bond donors (Lipinski definition) is 2. The minimum Gasteiger partial charge on any atom is -0.356 e. The summed E-state index contributed by atoms with van der Waals surface area (Å²) in [6.45, 7) is 10.2. The molecule has 0 unspecified atom stereocenters. The molecule has 2 N–H and O–H groups in total. The van der Waals surface area contributed by atoms with Gasteiger partial charge in [-0.1, -0.05) is 19.8 Å². The fourth-order valence-electron chi connectivity index (χ4n) is 2.53. The van der Waals surface area contributed by atoms with Crippen molar-refractivity contribution in [3.8, 4) is 0 Å². The molecule has 120 valence electrons. The van der Waals surface area contributed by atoms with E-state index in [1.165, 1.54) is 45.2 Å². The zero-order chi connectivity index (χ0) is 14.1. The van der Waals surface area contributed by atoms with Gasteiger partial charge in [-0.3, -0.25) is 4.99 Å². The molecule has 5 heteroatoms. The summed E-state index contributed by atoms with van der Waals surface area (Å²) in [4.78, 5) is 6.87. The fraction of sp³-hybridized carbons (Fsp3) is 0.933. The van der Waals surface area contributed by atoms with Gasteiger partial charge in [0.2, 0.25) is 0 Å². The molecule has 1 aliphatic heterocycles. The average Bonchev–Trinajstić information content (AvgIpc) is 2.42. The number of hydrogen-bond acceptors (Lipinski definition) is 2. The Kier molecular flexibility index (Phi) is 11.6. The van der Waals surface area contributed by atoms with Crippen molar-refractivity contribution in [2.75, 3.05) is 26.7 Å². The molecule has 0 amide bonds. The maximum Gasteiger partial charge on any atom is 0.191 e. The number of halogens is 1. The van der Waals surface area contributed by atoms with Crippen molar-refractivity contribution in [1.29, 1.82) is 0 Å². The summed E-state index contributed by atoms with van der Waals surface area (Å²) in [5.41, 5.74) is 0. The fourth-order valence-corrected chi connectivity index (χ4v) is 2.53. The highest BCUT2D eigenvalue weighted by Gasteiger charge is 2.21. The van der Waals surface area contributed by atoms with E-state index in [1.807, 2.05) is 7.05 Å². The monoisotopic (exact) mass is 396 g/mol. The van der Waals surface area contributed by atoms with Crippen LogP contribution in [0.4, 0.5) is 0 Å². The van der Waals surface area contributed by atoms with Crippen molar-refractivity contribution >= 4 is 29.9 Å². The zero-order valence-corrected chi connectivity index (χ0v) is 15.9. The van der Waals surface area contributed by atoms with E-state index in [-0.39, 0.29) is 24.0 Å². The van der Waals surface area contributed by atoms with E-state index in [9.17, 15) is 0 Å². The third-order valence-electron chi connectivity index (χ3n) is 3.90. The van der Waals surface area contributed by atoms with Crippen LogP contribution in [0, 0.1) is 0 Å². The van der Waals surface area contributed by atoms with E-state index >= 15 is 0 Å². The zero-order valence-electron chi connectivity index (χ0n) is 13.6. The first-order valence-electron chi connectivity index (χ1n) is 7.88. The Morgan fingerprint density at radius 2 is 1.90 bits per heavy atom. The van der Waals surface area contributed by atoms with E-state index in [4.69, 9.17) is 0 Å². The number of guanidine groups is 1. The standard InChI is InChI=1S/C15H32N4.HI/c1-5-6-7-10-17-15(16-4)18-14-8-11-19(12-9-14)13(2)3;/h13-14H,5-12H2,1-4H3,(H2,16,17,18);1H. The van der Waals surface area contributed by atoms with Crippen LogP contribution in [0.2, 0.25) is 0 Å². The lowest BCUT2D eigenvalue weighted by atomic mass is 10.0. The van der Waals surface area contributed by atoms with Gasteiger partial charge in [-0.2, -0.15) is 0 Å². The van der Waals surface area contributed by atoms with Crippen molar-refractivity contribution in [3.05, 3.63) is 0 Å². The SMILES string of the molecule is CCCCCNC(=NC)NC1CCN(C(C)C)CC1.I. The number of aliphatic imine (C=N–C) groups is 1. The maximum atomic E-state index is 4.31. The minimum absolute atomic E-state index is 0. The van der Waals surface area contributed by atoms with Gasteiger partial charge in [0.05, 0.1) is 0 Å². The first-order chi connectivity index (χ1) is 9.17. The lowest BCUT2D eigenvalue weighted by molar-refractivity contribution is 0.167. The van der Waals surface area contributed by atoms with Crippen LogP contribution in [0.3, 0.4) is 0 Å². The van der Waals surface area contributed by atoms with Crippen LogP contribution in [-0.4, -0.2) is 49.6 Å². The normalized spacial score (nSPS) is 17.9. The van der Waals surface area contributed by atoms with Crippen molar-refractivity contribution in [2.45, 2.75) is 65.0 Å². The molecule has 0 saturated carbocycles. The second kappa shape index (κ2) is 11.6. The second-order valence-electron chi connectivity index (χ2n) is 5.75. The van der Waals surface area contributed by atoms with E-state index < -0.39 is 0 Å². The van der Waals surface area contributed by atoms with Gasteiger partial charge in [-0.15, -0.1) is 24.0 Å². The van der Waals surface area contributed by atoms with Crippen LogP contribution in [0.15, 0.2) is 4.99 Å². The number of nitrogens with zero attached hydrogens (tertiary/aromatic N) is 2. The highest BCUT2D eigenvalue weighted by Crippen LogP contribution is 2.12. The summed E-state index contributed by atoms with van der Waals surface area (Å²) in [5, 5.41) is 6.97. The Labute approximate surface area is 142 Å². The molecule has 4 nitrogen and oxygen atoms in total. The van der Waals surface area contributed by atoms with Gasteiger partial charge in [-0.05, 0) is 33.1 Å². The smallest absolute Gasteiger partial charge is 0.191 e. The van der Waals surface area contributed by atoms with Gasteiger partial charge in [0.1, 0.15) is 0 Å². The van der Waals surface area contributed by atoms with Crippen molar-refractivity contribution in [2.24, 2.45) is 4.99 Å². The summed E-state index contributed by atoms with van der Waals surface area (Å²) < 4.78 is 0. The molecule has 0 aliphatic carbocycles. The van der Waals surface area contributed by atoms with Crippen LogP contribution in [0.5, 0.6) is 0 Å². The average molecular weight is 396 g/mol. The number of piperidine rings is 1. The van der Waals surface area contributed by atoms with Crippen LogP contribution in [-0.2, 0) is 0 Å². The molecular weight excluding hydrogens is 363 g/mol. The number of rotatable bonds is 6. The second-order valence-corrected chi connectivity index (χ2v) is 5.75. The minimum atomic E-state index is 0. The summed E-state index contributed by atoms with van der Waals surface area (Å²) in [5.74, 6) is 0.971. The molecule has 1 fully saturated rings. The number of likely N-dealkylation sites (tertiary alicyclic amines) is 1. The van der Waals surface area contributed by atoms with Crippen LogP contribution in [0.1, 0.15) is 52.9 Å². The van der Waals surface area contributed by atoms with E-state index in [2.05, 4.69) is 41.3 Å². The Balaban J connectivity index is 0.00000361. The topological polar surface area (TPSA) is 39.7 Å². The summed E-state index contributed by atoms with van der Waals surface area (Å²) in [6, 6.07) is 1.25. The van der Waals surface area contributed by atoms with Gasteiger partial charge in [0, 0.05) is 38.8 Å². The largest absolute Gasteiger partial charge is 0.356 e. The molecule has 1 saturated heterocycles. The first-order valence-corrected chi connectivity index (χ1v) is 7.88. The molecule has 0 radical (unpaired) electrons. The molecule has 0 spiro atoms. The number of nitrogens with one attached hydrogen (secondary N) is 2. The Morgan fingerprint density at radius 1 is 1.25 bits per heavy atom. The quantitative estimate of drug-likeness (QED) is 0.314.